The maximum Gasteiger partial charge on any atom is 0.331 e. The van der Waals surface area contributed by atoms with Gasteiger partial charge in [-0.15, -0.1) is 11.3 Å². The molecule has 3 N–H and O–H groups in total. The number of carbonyl (C=O) groups excluding carboxylic acids is 3. The van der Waals surface area contributed by atoms with E-state index >= 15 is 0 Å². The monoisotopic (exact) mass is 612 g/mol. The van der Waals surface area contributed by atoms with Gasteiger partial charge in [0, 0.05) is 37.9 Å². The summed E-state index contributed by atoms with van der Waals surface area (Å²) in [5, 5.41) is 9.76. The number of ether oxygens (including phenoxy) is 1. The second-order valence-corrected chi connectivity index (χ2v) is 11.5. The second kappa shape index (κ2) is 13.3. The molecular formula is C33H36N6O4S. The van der Waals surface area contributed by atoms with Crippen molar-refractivity contribution in [2.75, 3.05) is 36.9 Å². The predicted molar refractivity (Wildman–Crippen MR) is 175 cm³/mol. The largest absolute Gasteiger partial charge is 0.457 e. The zero-order valence-corrected chi connectivity index (χ0v) is 24.7. The molecule has 11 heteroatoms. The lowest BCUT2D eigenvalue weighted by Gasteiger charge is -2.32. The number of aryl methyl sites for hydroxylation is 1. The summed E-state index contributed by atoms with van der Waals surface area (Å²) in [6.45, 7) is 3.62. The number of benzene rings is 2. The molecule has 0 bridgehead atoms. The van der Waals surface area contributed by atoms with Crippen LogP contribution in [-0.4, -0.2) is 60.5 Å². The Labute approximate surface area is 260 Å². The summed E-state index contributed by atoms with van der Waals surface area (Å²) in [4.78, 5) is 48.7. The zero-order chi connectivity index (χ0) is 29.9. The molecule has 0 unspecified atom stereocenters. The van der Waals surface area contributed by atoms with E-state index in [2.05, 4.69) is 20.9 Å². The van der Waals surface area contributed by atoms with E-state index in [4.69, 9.17) is 4.74 Å². The quantitative estimate of drug-likeness (QED) is 0.204. The first-order chi connectivity index (χ1) is 20.9. The fourth-order valence-corrected chi connectivity index (χ4v) is 6.50. The molecule has 4 aromatic rings. The Kier molecular flexibility index (Phi) is 9.26. The molecule has 0 saturated carbocycles. The number of carbonyl (C=O) groups is 3. The Morgan fingerprint density at radius 1 is 1.14 bits per heavy atom. The van der Waals surface area contributed by atoms with Crippen LogP contribution in [0.5, 0.6) is 11.5 Å². The number of para-hydroxylation sites is 1. The molecular weight excluding hydrogens is 576 g/mol. The molecule has 4 amide bonds. The maximum absolute atomic E-state index is 13.6. The highest BCUT2D eigenvalue weighted by Crippen LogP contribution is 2.46. The molecule has 10 nitrogen and oxygen atoms in total. The number of hydrogen-bond donors (Lipinski definition) is 3. The smallest absolute Gasteiger partial charge is 0.331 e. The molecule has 1 saturated heterocycles. The van der Waals surface area contributed by atoms with Crippen molar-refractivity contribution in [1.82, 2.24) is 20.5 Å². The van der Waals surface area contributed by atoms with Crippen molar-refractivity contribution in [3.8, 4) is 11.5 Å². The van der Waals surface area contributed by atoms with Gasteiger partial charge in [0.2, 0.25) is 5.91 Å². The molecule has 0 radical (unpaired) electrons. The van der Waals surface area contributed by atoms with Gasteiger partial charge in [-0.25, -0.2) is 9.78 Å². The van der Waals surface area contributed by atoms with E-state index in [9.17, 15) is 14.4 Å². The van der Waals surface area contributed by atoms with Gasteiger partial charge in [0.05, 0.1) is 22.4 Å². The number of amides is 4. The molecule has 1 fully saturated rings. The summed E-state index contributed by atoms with van der Waals surface area (Å²) in [6, 6.07) is 16.3. The Morgan fingerprint density at radius 2 is 1.95 bits per heavy atom. The highest BCUT2D eigenvalue weighted by molar-refractivity contribution is 7.21. The summed E-state index contributed by atoms with van der Waals surface area (Å²) < 4.78 is 5.98. The van der Waals surface area contributed by atoms with E-state index < -0.39 is 0 Å². The van der Waals surface area contributed by atoms with Gasteiger partial charge >= 0.3 is 6.03 Å². The SMILES string of the molecule is C.CNC/C=C/C(=O)N1CCC[C@@H](NC(=O)c2sc3nccc4c3c2NC(=O)N4c2ccc(Oc3ccccc3)cc2C)C1. The molecule has 228 valence electrons. The number of nitrogens with zero attached hydrogens (tertiary/aromatic N) is 3. The molecule has 2 aliphatic rings. The molecule has 2 aromatic heterocycles. The first-order valence-electron chi connectivity index (χ1n) is 14.2. The van der Waals surface area contributed by atoms with Gasteiger partial charge in [-0.3, -0.25) is 14.5 Å². The first-order valence-corrected chi connectivity index (χ1v) is 15.0. The zero-order valence-electron chi connectivity index (χ0n) is 23.9. The van der Waals surface area contributed by atoms with E-state index in [1.807, 2.05) is 62.5 Å². The number of piperidine rings is 1. The van der Waals surface area contributed by atoms with Crippen molar-refractivity contribution in [3.05, 3.63) is 83.4 Å². The molecule has 6 rings (SSSR count). The highest BCUT2D eigenvalue weighted by atomic mass is 32.1. The number of likely N-dealkylation sites (N-methyl/N-ethyl adjacent to an activating group) is 1. The number of nitrogens with one attached hydrogen (secondary N) is 3. The van der Waals surface area contributed by atoms with Crippen molar-refractivity contribution in [1.29, 1.82) is 0 Å². The standard InChI is InChI=1S/C32H32N6O4S.CH4/c1-20-18-23(42-22-9-4-3-5-10-22)12-13-24(20)38-25-14-16-34-31-27(25)28(36-32(38)41)29(43-31)30(40)35-21-8-7-17-37(19-21)26(39)11-6-15-33-2;/h3-6,9-14,16,18,21,33H,7-8,15,17,19H2,1-2H3,(H,35,40)(H,36,41);1H4/b11-6+;/t21-;/m1./s1. The van der Waals surface area contributed by atoms with Gasteiger partial charge in [-0.1, -0.05) is 31.7 Å². The number of hydrogen-bond acceptors (Lipinski definition) is 7. The van der Waals surface area contributed by atoms with E-state index in [0.717, 1.165) is 29.5 Å². The summed E-state index contributed by atoms with van der Waals surface area (Å²) in [7, 11) is 1.82. The Hall–Kier alpha value is -4.74. The number of likely N-dealkylation sites (tertiary alicyclic amines) is 1. The van der Waals surface area contributed by atoms with Crippen LogP contribution in [0.15, 0.2) is 72.9 Å². The number of aromatic nitrogens is 1. The van der Waals surface area contributed by atoms with Crippen molar-refractivity contribution in [3.63, 3.8) is 0 Å². The fourth-order valence-electron chi connectivity index (χ4n) is 5.48. The van der Waals surface area contributed by atoms with Gasteiger partial charge in [-0.05, 0) is 68.8 Å². The lowest BCUT2D eigenvalue weighted by Crippen LogP contribution is -2.49. The summed E-state index contributed by atoms with van der Waals surface area (Å²) >= 11 is 1.24. The summed E-state index contributed by atoms with van der Waals surface area (Å²) in [5.41, 5.74) is 2.66. The number of rotatable bonds is 8. The van der Waals surface area contributed by atoms with Gasteiger partial charge in [0.25, 0.3) is 5.91 Å². The normalized spacial score (nSPS) is 16.0. The second-order valence-electron chi connectivity index (χ2n) is 10.5. The summed E-state index contributed by atoms with van der Waals surface area (Å²) in [6.07, 6.45) is 6.57. The van der Waals surface area contributed by atoms with Crippen LogP contribution >= 0.6 is 11.3 Å². The third-order valence-electron chi connectivity index (χ3n) is 7.49. The molecule has 44 heavy (non-hydrogen) atoms. The van der Waals surface area contributed by atoms with Crippen LogP contribution in [0.1, 0.15) is 35.5 Å². The first kappa shape index (κ1) is 30.7. The minimum atomic E-state index is -0.366. The lowest BCUT2D eigenvalue weighted by molar-refractivity contribution is -0.127. The van der Waals surface area contributed by atoms with E-state index in [1.165, 1.54) is 11.3 Å². The number of thiophene rings is 1. The van der Waals surface area contributed by atoms with Gasteiger partial charge in [-0.2, -0.15) is 0 Å². The molecule has 0 aliphatic carbocycles. The Balaban J connectivity index is 0.00000384. The fraction of sp³-hybridized carbons (Fsp3) is 0.273. The Bertz CT molecular complexity index is 1720. The predicted octanol–water partition coefficient (Wildman–Crippen LogP) is 6.21. The third kappa shape index (κ3) is 6.15. The van der Waals surface area contributed by atoms with Crippen molar-refractivity contribution >= 4 is 56.5 Å². The van der Waals surface area contributed by atoms with Crippen LogP contribution in [0.4, 0.5) is 21.9 Å². The van der Waals surface area contributed by atoms with Crippen LogP contribution in [0, 0.1) is 6.92 Å². The average Bonchev–Trinajstić information content (AvgIpc) is 3.38. The summed E-state index contributed by atoms with van der Waals surface area (Å²) in [5.74, 6) is 1.03. The molecule has 2 aliphatic heterocycles. The Morgan fingerprint density at radius 3 is 2.73 bits per heavy atom. The van der Waals surface area contributed by atoms with E-state index in [1.54, 1.807) is 34.2 Å². The van der Waals surface area contributed by atoms with E-state index in [-0.39, 0.29) is 31.3 Å². The van der Waals surface area contributed by atoms with Crippen LogP contribution < -0.4 is 25.6 Å². The van der Waals surface area contributed by atoms with Crippen LogP contribution in [0.3, 0.4) is 0 Å². The topological polar surface area (TPSA) is 116 Å². The van der Waals surface area contributed by atoms with Crippen molar-refractivity contribution < 1.29 is 19.1 Å². The molecule has 1 atom stereocenters. The van der Waals surface area contributed by atoms with Crippen LogP contribution in [0.2, 0.25) is 0 Å². The third-order valence-corrected chi connectivity index (χ3v) is 8.59. The number of pyridine rings is 1. The average molecular weight is 613 g/mol. The minimum Gasteiger partial charge on any atom is -0.457 e. The van der Waals surface area contributed by atoms with Crippen molar-refractivity contribution in [2.24, 2.45) is 0 Å². The number of anilines is 3. The molecule has 2 aromatic carbocycles. The minimum absolute atomic E-state index is 0. The molecule has 0 spiro atoms. The van der Waals surface area contributed by atoms with E-state index in [0.29, 0.717) is 52.2 Å². The van der Waals surface area contributed by atoms with Crippen LogP contribution in [0.25, 0.3) is 10.2 Å². The van der Waals surface area contributed by atoms with Crippen LogP contribution in [-0.2, 0) is 4.79 Å². The van der Waals surface area contributed by atoms with Gasteiger partial charge in [0.1, 0.15) is 21.2 Å². The molecule has 4 heterocycles. The van der Waals surface area contributed by atoms with Gasteiger partial charge < -0.3 is 25.6 Å². The van der Waals surface area contributed by atoms with Crippen molar-refractivity contribution in [2.45, 2.75) is 33.2 Å². The van der Waals surface area contributed by atoms with Gasteiger partial charge in [0.15, 0.2) is 0 Å². The lowest BCUT2D eigenvalue weighted by atomic mass is 10.0. The highest BCUT2D eigenvalue weighted by Gasteiger charge is 2.34. The number of urea groups is 1. The maximum atomic E-state index is 13.6.